The van der Waals surface area contributed by atoms with Gasteiger partial charge in [0.1, 0.15) is 23.5 Å². The Bertz CT molecular complexity index is 911. The zero-order valence-corrected chi connectivity index (χ0v) is 12.7. The van der Waals surface area contributed by atoms with Gasteiger partial charge in [0.2, 0.25) is 0 Å². The van der Waals surface area contributed by atoms with E-state index < -0.39 is 11.5 Å². The number of rotatable bonds is 5. The third-order valence-corrected chi connectivity index (χ3v) is 2.93. The minimum Gasteiger partial charge on any atom is -0.466 e. The Kier molecular flexibility index (Phi) is 5.27. The maximum Gasteiger partial charge on any atom is 0.311 e. The average molecular weight is 324 g/mol. The lowest BCUT2D eigenvalue weighted by Crippen LogP contribution is -2.21. The normalized spacial score (nSPS) is 10.7. The van der Waals surface area contributed by atoms with Gasteiger partial charge in [0.25, 0.3) is 5.56 Å². The quantitative estimate of drug-likeness (QED) is 0.649. The highest BCUT2D eigenvalue weighted by Crippen LogP contribution is 2.15. The van der Waals surface area contributed by atoms with Gasteiger partial charge in [0.05, 0.1) is 30.6 Å². The van der Waals surface area contributed by atoms with Gasteiger partial charge in [-0.25, -0.2) is 4.98 Å². The topological polar surface area (TPSA) is 133 Å². The Labute approximate surface area is 136 Å². The van der Waals surface area contributed by atoms with E-state index in [0.717, 1.165) is 0 Å². The van der Waals surface area contributed by atoms with Gasteiger partial charge in [-0.2, -0.15) is 10.5 Å². The Morgan fingerprint density at radius 3 is 2.88 bits per heavy atom. The Balaban J connectivity index is 2.50. The molecule has 1 N–H and O–H groups in total. The van der Waals surface area contributed by atoms with E-state index in [1.165, 1.54) is 12.3 Å². The Morgan fingerprint density at radius 1 is 1.50 bits per heavy atom. The standard InChI is InChI=1S/C16H12N4O4/c1-2-23-14(21)7-13-12(9-18)16(22)20-15(19-13)10(8-17)6-11-4-3-5-24-11/h3-6H,2,7H2,1H3,(H,19,20,22)/b10-6-. The number of hydrogen-bond donors (Lipinski definition) is 1. The van der Waals surface area contributed by atoms with E-state index in [4.69, 9.17) is 14.4 Å². The van der Waals surface area contributed by atoms with Crippen LogP contribution < -0.4 is 5.56 Å². The lowest BCUT2D eigenvalue weighted by molar-refractivity contribution is -0.142. The van der Waals surface area contributed by atoms with Crippen molar-refractivity contribution in [2.75, 3.05) is 6.61 Å². The van der Waals surface area contributed by atoms with E-state index in [1.54, 1.807) is 25.1 Å². The summed E-state index contributed by atoms with van der Waals surface area (Å²) >= 11 is 0. The predicted octanol–water partition coefficient (Wildman–Crippen LogP) is 1.40. The zero-order chi connectivity index (χ0) is 17.5. The molecule has 0 bridgehead atoms. The van der Waals surface area contributed by atoms with Crippen LogP contribution in [0.1, 0.15) is 29.8 Å². The van der Waals surface area contributed by atoms with E-state index >= 15 is 0 Å². The molecule has 8 nitrogen and oxygen atoms in total. The van der Waals surface area contributed by atoms with Gasteiger partial charge >= 0.3 is 5.97 Å². The monoisotopic (exact) mass is 324 g/mol. The molecule has 0 spiro atoms. The summed E-state index contributed by atoms with van der Waals surface area (Å²) in [5.41, 5.74) is -1.04. The molecule has 0 aliphatic carbocycles. The molecule has 120 valence electrons. The second kappa shape index (κ2) is 7.56. The molecule has 0 aliphatic rings. The van der Waals surface area contributed by atoms with E-state index in [9.17, 15) is 14.9 Å². The second-order valence-corrected chi connectivity index (χ2v) is 4.52. The molecule has 0 aliphatic heterocycles. The van der Waals surface area contributed by atoms with Crippen LogP contribution in [0.5, 0.6) is 0 Å². The number of H-pyrrole nitrogens is 1. The van der Waals surface area contributed by atoms with Gasteiger partial charge in [-0.3, -0.25) is 9.59 Å². The van der Waals surface area contributed by atoms with Crippen LogP contribution in [-0.4, -0.2) is 22.5 Å². The third-order valence-electron chi connectivity index (χ3n) is 2.93. The number of carbonyl (C=O) groups is 1. The molecule has 2 aromatic heterocycles. The van der Waals surface area contributed by atoms with Gasteiger partial charge in [-0.05, 0) is 19.1 Å². The predicted molar refractivity (Wildman–Crippen MR) is 82.1 cm³/mol. The van der Waals surface area contributed by atoms with E-state index in [0.29, 0.717) is 5.76 Å². The van der Waals surface area contributed by atoms with Crippen LogP contribution in [0.4, 0.5) is 0 Å². The lowest BCUT2D eigenvalue weighted by atomic mass is 10.1. The summed E-state index contributed by atoms with van der Waals surface area (Å²) in [6.45, 7) is 1.80. The molecule has 0 atom stereocenters. The first-order valence-electron chi connectivity index (χ1n) is 6.93. The van der Waals surface area contributed by atoms with Gasteiger partial charge in [0.15, 0.2) is 5.82 Å². The van der Waals surface area contributed by atoms with Crippen LogP contribution in [0.25, 0.3) is 11.6 Å². The fourth-order valence-electron chi connectivity index (χ4n) is 1.91. The number of furan rings is 1. The molecule has 0 amide bonds. The largest absolute Gasteiger partial charge is 0.466 e. The molecule has 0 radical (unpaired) electrons. The highest BCUT2D eigenvalue weighted by Gasteiger charge is 2.17. The van der Waals surface area contributed by atoms with Crippen LogP contribution in [0.3, 0.4) is 0 Å². The van der Waals surface area contributed by atoms with Crippen molar-refractivity contribution in [2.24, 2.45) is 0 Å². The Morgan fingerprint density at radius 2 is 2.29 bits per heavy atom. The van der Waals surface area contributed by atoms with Crippen molar-refractivity contribution in [1.29, 1.82) is 10.5 Å². The smallest absolute Gasteiger partial charge is 0.311 e. The number of aromatic amines is 1. The SMILES string of the molecule is CCOC(=O)Cc1nc(/C(C#N)=C\c2ccco2)[nH]c(=O)c1C#N. The van der Waals surface area contributed by atoms with Crippen LogP contribution in [0.2, 0.25) is 0 Å². The van der Waals surface area contributed by atoms with Gasteiger partial charge in [-0.1, -0.05) is 0 Å². The molecule has 2 aromatic rings. The van der Waals surface area contributed by atoms with Crippen LogP contribution in [-0.2, 0) is 16.0 Å². The Hall–Kier alpha value is -3.65. The van der Waals surface area contributed by atoms with Crippen molar-refractivity contribution >= 4 is 17.6 Å². The number of esters is 1. The lowest BCUT2D eigenvalue weighted by Gasteiger charge is -2.05. The van der Waals surface area contributed by atoms with Crippen molar-refractivity contribution in [3.8, 4) is 12.1 Å². The molecule has 0 saturated heterocycles. The molecular weight excluding hydrogens is 312 g/mol. The van der Waals surface area contributed by atoms with Crippen LogP contribution in [0.15, 0.2) is 27.6 Å². The molecule has 2 rings (SSSR count). The zero-order valence-electron chi connectivity index (χ0n) is 12.7. The summed E-state index contributed by atoms with van der Waals surface area (Å²) < 4.78 is 9.92. The average Bonchev–Trinajstić information content (AvgIpc) is 3.05. The number of nitrogens with zero attached hydrogens (tertiary/aromatic N) is 3. The van der Waals surface area contributed by atoms with Crippen LogP contribution >= 0.6 is 0 Å². The number of nitriles is 2. The van der Waals surface area contributed by atoms with Crippen LogP contribution in [0, 0.1) is 22.7 Å². The van der Waals surface area contributed by atoms with E-state index in [1.807, 2.05) is 6.07 Å². The number of allylic oxidation sites excluding steroid dienone is 1. The maximum absolute atomic E-state index is 12.0. The highest BCUT2D eigenvalue weighted by molar-refractivity contribution is 5.86. The molecular formula is C16H12N4O4. The summed E-state index contributed by atoms with van der Waals surface area (Å²) in [6.07, 6.45) is 2.48. The van der Waals surface area contributed by atoms with Gasteiger partial charge in [0, 0.05) is 6.08 Å². The number of ether oxygens (including phenoxy) is 1. The van der Waals surface area contributed by atoms with E-state index in [2.05, 4.69) is 9.97 Å². The van der Waals surface area contributed by atoms with Crippen molar-refractivity contribution in [1.82, 2.24) is 9.97 Å². The van der Waals surface area contributed by atoms with Crippen molar-refractivity contribution < 1.29 is 13.9 Å². The summed E-state index contributed by atoms with van der Waals surface area (Å²) in [4.78, 5) is 30.1. The first-order chi connectivity index (χ1) is 11.6. The first-order valence-corrected chi connectivity index (χ1v) is 6.93. The minimum absolute atomic E-state index is 0.0247. The summed E-state index contributed by atoms with van der Waals surface area (Å²) in [7, 11) is 0. The molecule has 24 heavy (non-hydrogen) atoms. The van der Waals surface area contributed by atoms with E-state index in [-0.39, 0.29) is 35.7 Å². The maximum atomic E-state index is 12.0. The summed E-state index contributed by atoms with van der Waals surface area (Å²) in [5, 5.41) is 18.4. The van der Waals surface area contributed by atoms with Crippen molar-refractivity contribution in [2.45, 2.75) is 13.3 Å². The summed E-state index contributed by atoms with van der Waals surface area (Å²) in [6, 6.07) is 6.87. The molecule has 0 saturated carbocycles. The molecule has 2 heterocycles. The number of nitrogens with one attached hydrogen (secondary N) is 1. The second-order valence-electron chi connectivity index (χ2n) is 4.52. The molecule has 0 fully saturated rings. The molecule has 0 unspecified atom stereocenters. The fourth-order valence-corrected chi connectivity index (χ4v) is 1.91. The molecule has 8 heteroatoms. The highest BCUT2D eigenvalue weighted by atomic mass is 16.5. The molecule has 0 aromatic carbocycles. The summed E-state index contributed by atoms with van der Waals surface area (Å²) in [5.74, 6) is -0.283. The third kappa shape index (κ3) is 3.76. The fraction of sp³-hybridized carbons (Fsp3) is 0.188. The van der Waals surface area contributed by atoms with Gasteiger partial charge < -0.3 is 14.1 Å². The van der Waals surface area contributed by atoms with Gasteiger partial charge in [-0.15, -0.1) is 0 Å². The number of hydrogen-bond acceptors (Lipinski definition) is 7. The minimum atomic E-state index is -0.734. The number of carbonyl (C=O) groups excluding carboxylic acids is 1. The number of aromatic nitrogens is 2. The first kappa shape index (κ1) is 16.7. The van der Waals surface area contributed by atoms with Crippen molar-refractivity contribution in [3.05, 3.63) is 51.6 Å². The van der Waals surface area contributed by atoms with Crippen molar-refractivity contribution in [3.63, 3.8) is 0 Å².